The van der Waals surface area contributed by atoms with Gasteiger partial charge in [0.25, 0.3) is 10.0 Å². The molecule has 0 heterocycles. The monoisotopic (exact) mass is 677 g/mol. The Kier molecular flexibility index (Phi) is 11.0. The van der Waals surface area contributed by atoms with Gasteiger partial charge in [-0.2, -0.15) is 0 Å². The Labute approximate surface area is 281 Å². The zero-order valence-corrected chi connectivity index (χ0v) is 27.9. The van der Waals surface area contributed by atoms with Crippen molar-refractivity contribution in [3.8, 4) is 0 Å². The normalized spacial score (nSPS) is 14.1. The van der Waals surface area contributed by atoms with E-state index in [4.69, 9.17) is 23.2 Å². The van der Waals surface area contributed by atoms with E-state index in [0.717, 1.165) is 41.1 Å². The summed E-state index contributed by atoms with van der Waals surface area (Å²) in [5.41, 5.74) is 2.68. The second-order valence-electron chi connectivity index (χ2n) is 11.6. The topological polar surface area (TPSA) is 86.8 Å². The smallest absolute Gasteiger partial charge is 0.264 e. The van der Waals surface area contributed by atoms with E-state index in [9.17, 15) is 18.0 Å². The van der Waals surface area contributed by atoms with Gasteiger partial charge in [-0.25, -0.2) is 8.42 Å². The van der Waals surface area contributed by atoms with Crippen LogP contribution in [0.3, 0.4) is 0 Å². The maximum atomic E-state index is 14.6. The molecule has 7 nitrogen and oxygen atoms in total. The molecule has 1 saturated carbocycles. The number of carbonyl (C=O) groups is 2. The highest BCUT2D eigenvalue weighted by molar-refractivity contribution is 7.92. The van der Waals surface area contributed by atoms with E-state index in [-0.39, 0.29) is 29.8 Å². The van der Waals surface area contributed by atoms with Crippen molar-refractivity contribution in [1.82, 2.24) is 10.2 Å². The van der Waals surface area contributed by atoms with Crippen molar-refractivity contribution < 1.29 is 18.0 Å². The maximum absolute atomic E-state index is 14.6. The molecule has 1 N–H and O–H groups in total. The van der Waals surface area contributed by atoms with Crippen molar-refractivity contribution in [2.24, 2.45) is 0 Å². The molecule has 1 fully saturated rings. The predicted octanol–water partition coefficient (Wildman–Crippen LogP) is 7.20. The average Bonchev–Trinajstić information content (AvgIpc) is 3.56. The molecular weight excluding hydrogens is 641 g/mol. The average molecular weight is 679 g/mol. The Hall–Kier alpha value is -3.85. The lowest BCUT2D eigenvalue weighted by Gasteiger charge is -2.34. The molecule has 0 unspecified atom stereocenters. The van der Waals surface area contributed by atoms with Crippen molar-refractivity contribution in [1.29, 1.82) is 0 Å². The lowest BCUT2D eigenvalue weighted by atomic mass is 10.0. The van der Waals surface area contributed by atoms with E-state index in [2.05, 4.69) is 5.32 Å². The molecule has 0 aliphatic heterocycles. The van der Waals surface area contributed by atoms with Gasteiger partial charge in [0.15, 0.2) is 0 Å². The highest BCUT2D eigenvalue weighted by Gasteiger charge is 2.36. The van der Waals surface area contributed by atoms with Gasteiger partial charge in [0.2, 0.25) is 11.8 Å². The van der Waals surface area contributed by atoms with Crippen LogP contribution in [0.1, 0.15) is 42.4 Å². The minimum atomic E-state index is -4.21. The fourth-order valence-corrected chi connectivity index (χ4v) is 7.53. The molecule has 0 saturated heterocycles. The van der Waals surface area contributed by atoms with E-state index in [0.29, 0.717) is 21.3 Å². The number of aryl methyl sites for hydroxylation is 1. The number of halogens is 2. The summed E-state index contributed by atoms with van der Waals surface area (Å²) < 4.78 is 29.5. The zero-order chi connectivity index (χ0) is 32.7. The van der Waals surface area contributed by atoms with Crippen molar-refractivity contribution in [3.05, 3.63) is 130 Å². The molecule has 46 heavy (non-hydrogen) atoms. The highest BCUT2D eigenvalue weighted by atomic mass is 35.5. The molecule has 0 bridgehead atoms. The van der Waals surface area contributed by atoms with Gasteiger partial charge in [0, 0.05) is 29.1 Å². The van der Waals surface area contributed by atoms with Crippen LogP contribution in [0.2, 0.25) is 10.0 Å². The quantitative estimate of drug-likeness (QED) is 0.172. The van der Waals surface area contributed by atoms with E-state index in [1.165, 1.54) is 29.2 Å². The van der Waals surface area contributed by atoms with Crippen molar-refractivity contribution in [3.63, 3.8) is 0 Å². The summed E-state index contributed by atoms with van der Waals surface area (Å²) >= 11 is 12.2. The van der Waals surface area contributed by atoms with Crippen LogP contribution in [0.4, 0.5) is 5.69 Å². The summed E-state index contributed by atoms with van der Waals surface area (Å²) in [6.45, 7) is 1.35. The number of benzene rings is 4. The maximum Gasteiger partial charge on any atom is 0.264 e. The van der Waals surface area contributed by atoms with Gasteiger partial charge in [0.1, 0.15) is 12.6 Å². The molecule has 10 heteroatoms. The van der Waals surface area contributed by atoms with Crippen LogP contribution in [0, 0.1) is 6.92 Å². The number of amides is 2. The number of carbonyl (C=O) groups excluding carboxylic acids is 2. The first kappa shape index (κ1) is 33.5. The molecule has 4 aromatic rings. The molecule has 5 rings (SSSR count). The first-order valence-electron chi connectivity index (χ1n) is 15.3. The van der Waals surface area contributed by atoms with Crippen LogP contribution in [0.15, 0.2) is 108 Å². The summed E-state index contributed by atoms with van der Waals surface area (Å²) in [7, 11) is -4.21. The molecule has 4 aromatic carbocycles. The number of anilines is 1. The van der Waals surface area contributed by atoms with Crippen molar-refractivity contribution >= 4 is 50.7 Å². The number of para-hydroxylation sites is 1. The SMILES string of the molecule is Cc1ccccc1N(CC(=O)N(Cc1ccc(Cl)cc1)[C@H](Cc1ccccc1)C(=O)NC1CCCC1)S(=O)(=O)c1ccc(Cl)cc1. The molecule has 0 spiro atoms. The van der Waals surface area contributed by atoms with Gasteiger partial charge in [-0.15, -0.1) is 0 Å². The zero-order valence-electron chi connectivity index (χ0n) is 25.6. The van der Waals surface area contributed by atoms with Gasteiger partial charge in [-0.05, 0) is 78.9 Å². The van der Waals surface area contributed by atoms with Gasteiger partial charge < -0.3 is 10.2 Å². The van der Waals surface area contributed by atoms with Gasteiger partial charge in [-0.3, -0.25) is 13.9 Å². The second kappa shape index (κ2) is 15.2. The Morgan fingerprint density at radius 1 is 0.804 bits per heavy atom. The van der Waals surface area contributed by atoms with Crippen LogP contribution >= 0.6 is 23.2 Å². The van der Waals surface area contributed by atoms with Crippen molar-refractivity contribution in [2.75, 3.05) is 10.8 Å². The number of nitrogens with one attached hydrogen (secondary N) is 1. The van der Waals surface area contributed by atoms with E-state index >= 15 is 0 Å². The molecule has 2 amide bonds. The third kappa shape index (κ3) is 8.29. The largest absolute Gasteiger partial charge is 0.352 e. The number of hydrogen-bond donors (Lipinski definition) is 1. The Morgan fingerprint density at radius 3 is 2.02 bits per heavy atom. The molecule has 1 aliphatic carbocycles. The third-order valence-corrected chi connectivity index (χ3v) is 10.6. The Morgan fingerprint density at radius 2 is 1.39 bits per heavy atom. The number of rotatable bonds is 12. The lowest BCUT2D eigenvalue weighted by Crippen LogP contribution is -2.54. The van der Waals surface area contributed by atoms with Gasteiger partial charge in [-0.1, -0.05) is 96.7 Å². The molecule has 0 radical (unpaired) electrons. The number of sulfonamides is 1. The summed E-state index contributed by atoms with van der Waals surface area (Å²) in [6.07, 6.45) is 4.10. The number of hydrogen-bond acceptors (Lipinski definition) is 4. The highest BCUT2D eigenvalue weighted by Crippen LogP contribution is 2.29. The molecular formula is C36H37Cl2N3O4S. The number of nitrogens with zero attached hydrogens (tertiary/aromatic N) is 2. The molecule has 240 valence electrons. The molecule has 1 atom stereocenters. The summed E-state index contributed by atoms with van der Waals surface area (Å²) in [5.74, 6) is -0.778. The van der Waals surface area contributed by atoms with Crippen LogP contribution < -0.4 is 9.62 Å². The molecule has 0 aromatic heterocycles. The van der Waals surface area contributed by atoms with Crippen LogP contribution in [0.25, 0.3) is 0 Å². The van der Waals surface area contributed by atoms with Crippen LogP contribution in [-0.4, -0.2) is 43.8 Å². The van der Waals surface area contributed by atoms with Crippen LogP contribution in [0.5, 0.6) is 0 Å². The first-order valence-corrected chi connectivity index (χ1v) is 17.5. The van der Waals surface area contributed by atoms with E-state index in [1.54, 1.807) is 49.4 Å². The Bertz CT molecular complexity index is 1740. The molecule has 1 aliphatic rings. The van der Waals surface area contributed by atoms with E-state index < -0.39 is 28.5 Å². The van der Waals surface area contributed by atoms with Crippen molar-refractivity contribution in [2.45, 2.75) is 62.6 Å². The Balaban J connectivity index is 1.57. The fraction of sp³-hybridized carbons (Fsp3) is 0.278. The fourth-order valence-electron chi connectivity index (χ4n) is 5.80. The summed E-state index contributed by atoms with van der Waals surface area (Å²) in [5, 5.41) is 4.12. The van der Waals surface area contributed by atoms with Gasteiger partial charge >= 0.3 is 0 Å². The van der Waals surface area contributed by atoms with Gasteiger partial charge in [0.05, 0.1) is 10.6 Å². The summed E-state index contributed by atoms with van der Waals surface area (Å²) in [4.78, 5) is 30.2. The minimum absolute atomic E-state index is 0.00276. The predicted molar refractivity (Wildman–Crippen MR) is 183 cm³/mol. The standard InChI is InChI=1S/C36H37Cl2N3O4S/c1-26-9-5-8-14-33(26)41(46(44,45)32-21-19-30(38)20-22-32)25-35(42)40(24-28-15-17-29(37)18-16-28)34(23-27-10-3-2-4-11-27)36(43)39-31-12-6-7-13-31/h2-5,8-11,14-22,31,34H,6-7,12-13,23-25H2,1H3,(H,39,43)/t34-/m1/s1. The van der Waals surface area contributed by atoms with Crippen LogP contribution in [-0.2, 0) is 32.6 Å². The lowest BCUT2D eigenvalue weighted by molar-refractivity contribution is -0.140. The third-order valence-electron chi connectivity index (χ3n) is 8.30. The first-order chi connectivity index (χ1) is 22.1. The second-order valence-corrected chi connectivity index (χ2v) is 14.3. The minimum Gasteiger partial charge on any atom is -0.352 e. The summed E-state index contributed by atoms with van der Waals surface area (Å²) in [6, 6.07) is 28.6. The van der Waals surface area contributed by atoms with E-state index in [1.807, 2.05) is 36.4 Å².